The Balaban J connectivity index is 1.58. The molecule has 0 saturated carbocycles. The van der Waals surface area contributed by atoms with Crippen LogP contribution in [0.3, 0.4) is 0 Å². The highest BCUT2D eigenvalue weighted by Crippen LogP contribution is 2.37. The van der Waals surface area contributed by atoms with Crippen molar-refractivity contribution in [1.29, 1.82) is 0 Å². The highest BCUT2D eigenvalue weighted by Gasteiger charge is 2.35. The van der Waals surface area contributed by atoms with E-state index in [1.165, 1.54) is 11.0 Å². The summed E-state index contributed by atoms with van der Waals surface area (Å²) < 4.78 is 34.3. The van der Waals surface area contributed by atoms with Crippen LogP contribution in [-0.4, -0.2) is 49.2 Å². The topological polar surface area (TPSA) is 32.8 Å². The fourth-order valence-corrected chi connectivity index (χ4v) is 4.33. The molecule has 4 rings (SSSR count). The number of rotatable bonds is 3. The maximum absolute atomic E-state index is 14.7. The number of hydrogen-bond donors (Lipinski definition) is 0. The zero-order valence-electron chi connectivity index (χ0n) is 16.6. The molecule has 154 valence electrons. The van der Waals surface area contributed by atoms with Gasteiger partial charge in [-0.15, -0.1) is 0 Å². The molecule has 1 fully saturated rings. The molecule has 0 N–H and O–H groups in total. The standard InChI is InChI=1S/C23H26F2N2O2/c1-26-12-9-16(10-13-26)15-29-23(28)27-14-11-17-5-2-3-6-18(17)22(27)19-7-4-8-20(24)21(19)25/h2-8,16,22H,9-15H2,1H3/t22-/m0/s1. The number of carbonyl (C=O) groups is 1. The lowest BCUT2D eigenvalue weighted by Crippen LogP contribution is -2.42. The largest absolute Gasteiger partial charge is 0.449 e. The smallest absolute Gasteiger partial charge is 0.410 e. The normalized spacial score (nSPS) is 20.4. The number of halogens is 2. The quantitative estimate of drug-likeness (QED) is 0.766. The van der Waals surface area contributed by atoms with Gasteiger partial charge in [0.2, 0.25) is 0 Å². The summed E-state index contributed by atoms with van der Waals surface area (Å²) in [7, 11) is 2.09. The van der Waals surface area contributed by atoms with Crippen molar-refractivity contribution in [1.82, 2.24) is 9.80 Å². The van der Waals surface area contributed by atoms with Gasteiger partial charge in [0.15, 0.2) is 11.6 Å². The highest BCUT2D eigenvalue weighted by atomic mass is 19.2. The number of hydrogen-bond acceptors (Lipinski definition) is 3. The first kappa shape index (κ1) is 19.8. The van der Waals surface area contributed by atoms with Gasteiger partial charge in [-0.25, -0.2) is 13.6 Å². The van der Waals surface area contributed by atoms with E-state index >= 15 is 0 Å². The van der Waals surface area contributed by atoms with Crippen molar-refractivity contribution in [2.24, 2.45) is 5.92 Å². The zero-order valence-corrected chi connectivity index (χ0v) is 16.6. The number of piperidine rings is 1. The average molecular weight is 400 g/mol. The molecule has 4 nitrogen and oxygen atoms in total. The number of amides is 1. The number of carbonyl (C=O) groups excluding carboxylic acids is 1. The van der Waals surface area contributed by atoms with Crippen LogP contribution in [0.4, 0.5) is 13.6 Å². The van der Waals surface area contributed by atoms with Crippen LogP contribution in [0.1, 0.15) is 35.6 Å². The van der Waals surface area contributed by atoms with E-state index in [1.54, 1.807) is 6.07 Å². The summed E-state index contributed by atoms with van der Waals surface area (Å²) >= 11 is 0. The summed E-state index contributed by atoms with van der Waals surface area (Å²) in [5.41, 5.74) is 2.02. The Bertz CT molecular complexity index is 881. The number of ether oxygens (including phenoxy) is 1. The first-order chi connectivity index (χ1) is 14.0. The van der Waals surface area contributed by atoms with E-state index in [4.69, 9.17) is 4.74 Å². The maximum Gasteiger partial charge on any atom is 0.410 e. The maximum atomic E-state index is 14.7. The molecule has 2 aromatic rings. The van der Waals surface area contributed by atoms with Crippen LogP contribution < -0.4 is 0 Å². The third kappa shape index (κ3) is 4.13. The van der Waals surface area contributed by atoms with Gasteiger partial charge in [0, 0.05) is 12.1 Å². The third-order valence-electron chi connectivity index (χ3n) is 6.07. The SMILES string of the molecule is CN1CCC(COC(=O)N2CCc3ccccc3[C@H]2c2cccc(F)c2F)CC1. The van der Waals surface area contributed by atoms with Gasteiger partial charge in [-0.05, 0) is 62.5 Å². The van der Waals surface area contributed by atoms with Gasteiger partial charge in [-0.1, -0.05) is 36.4 Å². The third-order valence-corrected chi connectivity index (χ3v) is 6.07. The van der Waals surface area contributed by atoms with Crippen molar-refractivity contribution in [3.8, 4) is 0 Å². The number of likely N-dealkylation sites (tertiary alicyclic amines) is 1. The Kier molecular flexibility index (Phi) is 5.81. The average Bonchev–Trinajstić information content (AvgIpc) is 2.74. The van der Waals surface area contributed by atoms with Gasteiger partial charge in [0.25, 0.3) is 0 Å². The van der Waals surface area contributed by atoms with Crippen molar-refractivity contribution < 1.29 is 18.3 Å². The molecule has 0 aliphatic carbocycles. The van der Waals surface area contributed by atoms with Crippen LogP contribution in [-0.2, 0) is 11.2 Å². The molecule has 2 aromatic carbocycles. The van der Waals surface area contributed by atoms with E-state index in [0.29, 0.717) is 25.5 Å². The van der Waals surface area contributed by atoms with E-state index < -0.39 is 23.8 Å². The van der Waals surface area contributed by atoms with Gasteiger partial charge < -0.3 is 9.64 Å². The predicted molar refractivity (Wildman–Crippen MR) is 107 cm³/mol. The fourth-order valence-electron chi connectivity index (χ4n) is 4.33. The number of fused-ring (bicyclic) bond motifs is 1. The van der Waals surface area contributed by atoms with Crippen molar-refractivity contribution >= 4 is 6.09 Å². The van der Waals surface area contributed by atoms with Crippen molar-refractivity contribution in [3.63, 3.8) is 0 Å². The van der Waals surface area contributed by atoms with Crippen LogP contribution >= 0.6 is 0 Å². The van der Waals surface area contributed by atoms with Crippen molar-refractivity contribution in [3.05, 3.63) is 70.8 Å². The van der Waals surface area contributed by atoms with Gasteiger partial charge in [0.1, 0.15) is 0 Å². The Morgan fingerprint density at radius 2 is 1.76 bits per heavy atom. The lowest BCUT2D eigenvalue weighted by atomic mass is 9.88. The van der Waals surface area contributed by atoms with Gasteiger partial charge in [-0.3, -0.25) is 4.90 Å². The highest BCUT2D eigenvalue weighted by molar-refractivity contribution is 5.70. The Morgan fingerprint density at radius 3 is 2.55 bits per heavy atom. The first-order valence-corrected chi connectivity index (χ1v) is 10.2. The molecule has 2 aliphatic heterocycles. The Morgan fingerprint density at radius 1 is 1.03 bits per heavy atom. The molecule has 0 bridgehead atoms. The summed E-state index contributed by atoms with van der Waals surface area (Å²) in [6.45, 7) is 2.76. The molecular weight excluding hydrogens is 374 g/mol. The Labute approximate surface area is 170 Å². The summed E-state index contributed by atoms with van der Waals surface area (Å²) in [6.07, 6.45) is 2.18. The van der Waals surface area contributed by atoms with Crippen molar-refractivity contribution in [2.75, 3.05) is 33.3 Å². The van der Waals surface area contributed by atoms with Crippen LogP contribution in [0.5, 0.6) is 0 Å². The van der Waals surface area contributed by atoms with Crippen molar-refractivity contribution in [2.45, 2.75) is 25.3 Å². The molecule has 0 radical (unpaired) electrons. The molecule has 2 heterocycles. The second-order valence-electron chi connectivity index (χ2n) is 8.01. The molecule has 1 amide bonds. The molecule has 1 saturated heterocycles. The molecular formula is C23H26F2N2O2. The lowest BCUT2D eigenvalue weighted by Gasteiger charge is -2.37. The molecule has 2 aliphatic rings. The van der Waals surface area contributed by atoms with E-state index in [2.05, 4.69) is 11.9 Å². The lowest BCUT2D eigenvalue weighted by molar-refractivity contribution is 0.0634. The van der Waals surface area contributed by atoms with Crippen LogP contribution in [0.25, 0.3) is 0 Å². The minimum atomic E-state index is -0.915. The number of nitrogens with zero attached hydrogens (tertiary/aromatic N) is 2. The summed E-state index contributed by atoms with van der Waals surface area (Å²) in [5, 5.41) is 0. The summed E-state index contributed by atoms with van der Waals surface area (Å²) in [6, 6.07) is 11.1. The van der Waals surface area contributed by atoms with E-state index in [0.717, 1.165) is 43.1 Å². The van der Waals surface area contributed by atoms with E-state index in [-0.39, 0.29) is 5.56 Å². The second kappa shape index (κ2) is 8.49. The van der Waals surface area contributed by atoms with Gasteiger partial charge in [-0.2, -0.15) is 0 Å². The summed E-state index contributed by atoms with van der Waals surface area (Å²) in [5.74, 6) is -1.48. The monoisotopic (exact) mass is 400 g/mol. The molecule has 0 unspecified atom stereocenters. The second-order valence-corrected chi connectivity index (χ2v) is 8.01. The predicted octanol–water partition coefficient (Wildman–Crippen LogP) is 4.39. The molecule has 29 heavy (non-hydrogen) atoms. The van der Waals surface area contributed by atoms with Gasteiger partial charge >= 0.3 is 6.09 Å². The Hall–Kier alpha value is -2.47. The van der Waals surface area contributed by atoms with E-state index in [1.807, 2.05) is 24.3 Å². The first-order valence-electron chi connectivity index (χ1n) is 10.2. The number of benzene rings is 2. The minimum absolute atomic E-state index is 0.161. The van der Waals surface area contributed by atoms with Crippen LogP contribution in [0.2, 0.25) is 0 Å². The molecule has 0 spiro atoms. The van der Waals surface area contributed by atoms with Gasteiger partial charge in [0.05, 0.1) is 12.6 Å². The molecule has 0 aromatic heterocycles. The molecule has 1 atom stereocenters. The zero-order chi connectivity index (χ0) is 20.4. The van der Waals surface area contributed by atoms with E-state index in [9.17, 15) is 13.6 Å². The molecule has 6 heteroatoms. The fraction of sp³-hybridized carbons (Fsp3) is 0.435. The minimum Gasteiger partial charge on any atom is -0.449 e. The van der Waals surface area contributed by atoms with Crippen LogP contribution in [0, 0.1) is 17.6 Å². The van der Waals surface area contributed by atoms with Crippen LogP contribution in [0.15, 0.2) is 42.5 Å². The summed E-state index contributed by atoms with van der Waals surface area (Å²) in [4.78, 5) is 16.8.